The van der Waals surface area contributed by atoms with Crippen molar-refractivity contribution in [3.05, 3.63) is 0 Å². The summed E-state index contributed by atoms with van der Waals surface area (Å²) in [7, 11) is 4.61. The molecule has 1 spiro atoms. The minimum atomic E-state index is 0.756. The first-order chi connectivity index (χ1) is 9.18. The molecule has 2 aliphatic heterocycles. The number of likely N-dealkylation sites (tertiary alicyclic amines) is 1. The maximum atomic E-state index is 3.51. The Bertz CT molecular complexity index is 290. The van der Waals surface area contributed by atoms with Gasteiger partial charge >= 0.3 is 0 Å². The predicted molar refractivity (Wildman–Crippen MR) is 80.4 cm³/mol. The molecule has 1 N–H and O–H groups in total. The molecule has 0 radical (unpaired) electrons. The molecule has 0 bridgehead atoms. The summed E-state index contributed by atoms with van der Waals surface area (Å²) in [5, 5.41) is 3.51. The van der Waals surface area contributed by atoms with Gasteiger partial charge in [-0.3, -0.25) is 0 Å². The van der Waals surface area contributed by atoms with Crippen LogP contribution in [-0.2, 0) is 0 Å². The fraction of sp³-hybridized carbons (Fsp3) is 1.00. The summed E-state index contributed by atoms with van der Waals surface area (Å²) >= 11 is 0. The number of rotatable bonds is 4. The number of hydrogen-bond acceptors (Lipinski definition) is 3. The lowest BCUT2D eigenvalue weighted by molar-refractivity contribution is 0.167. The molecule has 1 saturated carbocycles. The zero-order chi connectivity index (χ0) is 13.3. The van der Waals surface area contributed by atoms with Gasteiger partial charge in [0.1, 0.15) is 0 Å². The molecule has 3 rings (SSSR count). The topological polar surface area (TPSA) is 18.5 Å². The Hall–Kier alpha value is -0.120. The van der Waals surface area contributed by atoms with Crippen molar-refractivity contribution in [2.45, 2.75) is 32.1 Å². The van der Waals surface area contributed by atoms with Crippen LogP contribution in [0.4, 0.5) is 0 Å². The molecule has 0 aromatic heterocycles. The van der Waals surface area contributed by atoms with Crippen LogP contribution in [0.3, 0.4) is 0 Å². The average Bonchev–Trinajstić information content (AvgIpc) is 3.04. The number of nitrogens with one attached hydrogen (secondary N) is 1. The summed E-state index contributed by atoms with van der Waals surface area (Å²) < 4.78 is 0. The molecule has 3 nitrogen and oxygen atoms in total. The van der Waals surface area contributed by atoms with Gasteiger partial charge in [-0.1, -0.05) is 0 Å². The van der Waals surface area contributed by atoms with Crippen molar-refractivity contribution in [3.8, 4) is 0 Å². The van der Waals surface area contributed by atoms with Crippen molar-refractivity contribution >= 4 is 0 Å². The number of piperidine rings is 2. The second-order valence-electron chi connectivity index (χ2n) is 7.48. The quantitative estimate of drug-likeness (QED) is 0.834. The minimum absolute atomic E-state index is 0.756. The van der Waals surface area contributed by atoms with E-state index >= 15 is 0 Å². The smallest absolute Gasteiger partial charge is 0.00123 e. The molecule has 0 aromatic rings. The first kappa shape index (κ1) is 13.8. The van der Waals surface area contributed by atoms with Gasteiger partial charge < -0.3 is 15.1 Å². The molecule has 1 atom stereocenters. The highest BCUT2D eigenvalue weighted by Crippen LogP contribution is 2.58. The molecule has 2 saturated heterocycles. The van der Waals surface area contributed by atoms with E-state index < -0.39 is 0 Å². The fourth-order valence-electron chi connectivity index (χ4n) is 4.36. The Kier molecular flexibility index (Phi) is 4.16. The molecular formula is C16H31N3. The van der Waals surface area contributed by atoms with Crippen LogP contribution in [-0.4, -0.2) is 63.2 Å². The van der Waals surface area contributed by atoms with Crippen LogP contribution in [0.5, 0.6) is 0 Å². The number of hydrogen-bond donors (Lipinski definition) is 1. The van der Waals surface area contributed by atoms with Crippen LogP contribution >= 0.6 is 0 Å². The molecular weight excluding hydrogens is 234 g/mol. The lowest BCUT2D eigenvalue weighted by Gasteiger charge is -2.32. The predicted octanol–water partition coefficient (Wildman–Crippen LogP) is 1.65. The van der Waals surface area contributed by atoms with Gasteiger partial charge in [-0.2, -0.15) is 0 Å². The van der Waals surface area contributed by atoms with Crippen molar-refractivity contribution in [1.29, 1.82) is 0 Å². The normalized spacial score (nSPS) is 32.1. The Morgan fingerprint density at radius 3 is 2.53 bits per heavy atom. The molecule has 1 aliphatic carbocycles. The van der Waals surface area contributed by atoms with Crippen LogP contribution in [0.15, 0.2) is 0 Å². The van der Waals surface area contributed by atoms with Gasteiger partial charge in [-0.15, -0.1) is 0 Å². The molecule has 0 amide bonds. The van der Waals surface area contributed by atoms with Crippen LogP contribution in [0.1, 0.15) is 32.1 Å². The Balaban J connectivity index is 1.39. The maximum absolute atomic E-state index is 3.51. The molecule has 0 aromatic carbocycles. The summed E-state index contributed by atoms with van der Waals surface area (Å²) in [5.74, 6) is 1.95. The lowest BCUT2D eigenvalue weighted by atomic mass is 9.91. The Morgan fingerprint density at radius 2 is 1.84 bits per heavy atom. The van der Waals surface area contributed by atoms with E-state index in [1.54, 1.807) is 0 Å². The highest BCUT2D eigenvalue weighted by molar-refractivity contribution is 5.05. The summed E-state index contributed by atoms with van der Waals surface area (Å²) in [6, 6.07) is 0. The van der Waals surface area contributed by atoms with Gasteiger partial charge in [0.2, 0.25) is 0 Å². The highest BCUT2D eigenvalue weighted by Gasteiger charge is 2.53. The van der Waals surface area contributed by atoms with Crippen molar-refractivity contribution in [2.75, 3.05) is 53.4 Å². The van der Waals surface area contributed by atoms with Crippen molar-refractivity contribution < 1.29 is 0 Å². The van der Waals surface area contributed by atoms with Gasteiger partial charge in [-0.05, 0) is 89.6 Å². The summed E-state index contributed by atoms with van der Waals surface area (Å²) in [5.41, 5.74) is 0.756. The second-order valence-corrected chi connectivity index (χ2v) is 7.48. The largest absolute Gasteiger partial charge is 0.317 e. The summed E-state index contributed by atoms with van der Waals surface area (Å²) in [6.45, 7) is 7.81. The van der Waals surface area contributed by atoms with E-state index in [1.165, 1.54) is 71.4 Å². The zero-order valence-corrected chi connectivity index (χ0v) is 12.8. The highest BCUT2D eigenvalue weighted by atomic mass is 15.1. The van der Waals surface area contributed by atoms with Gasteiger partial charge in [-0.25, -0.2) is 0 Å². The average molecular weight is 265 g/mol. The van der Waals surface area contributed by atoms with E-state index in [4.69, 9.17) is 0 Å². The van der Waals surface area contributed by atoms with Crippen LogP contribution < -0.4 is 5.32 Å². The van der Waals surface area contributed by atoms with Crippen LogP contribution in [0, 0.1) is 17.3 Å². The summed E-state index contributed by atoms with van der Waals surface area (Å²) in [4.78, 5) is 5.11. The van der Waals surface area contributed by atoms with E-state index in [9.17, 15) is 0 Å². The third-order valence-corrected chi connectivity index (χ3v) is 5.90. The van der Waals surface area contributed by atoms with Gasteiger partial charge in [0, 0.05) is 13.1 Å². The van der Waals surface area contributed by atoms with Crippen molar-refractivity contribution in [2.24, 2.45) is 17.3 Å². The SMILES string of the molecule is CN1CCC(CN(C)CC2CC23CCNCC3)CC1. The van der Waals surface area contributed by atoms with E-state index in [0.29, 0.717) is 0 Å². The maximum Gasteiger partial charge on any atom is 0.00123 e. The molecule has 110 valence electrons. The molecule has 3 fully saturated rings. The van der Waals surface area contributed by atoms with Gasteiger partial charge in [0.15, 0.2) is 0 Å². The van der Waals surface area contributed by atoms with Crippen molar-refractivity contribution in [1.82, 2.24) is 15.1 Å². The molecule has 1 unspecified atom stereocenters. The molecule has 3 aliphatic rings. The Morgan fingerprint density at radius 1 is 1.16 bits per heavy atom. The standard InChI is InChI=1S/C16H31N3/c1-18-9-3-14(4-10-18)12-19(2)13-15-11-16(15)5-7-17-8-6-16/h14-15,17H,3-13H2,1-2H3. The third-order valence-electron chi connectivity index (χ3n) is 5.90. The van der Waals surface area contributed by atoms with E-state index in [-0.39, 0.29) is 0 Å². The molecule has 19 heavy (non-hydrogen) atoms. The van der Waals surface area contributed by atoms with E-state index in [0.717, 1.165) is 17.3 Å². The summed E-state index contributed by atoms with van der Waals surface area (Å²) in [6.07, 6.45) is 7.17. The first-order valence-corrected chi connectivity index (χ1v) is 8.26. The lowest BCUT2D eigenvalue weighted by Crippen LogP contribution is -2.37. The van der Waals surface area contributed by atoms with E-state index in [2.05, 4.69) is 29.2 Å². The Labute approximate surface area is 118 Å². The second kappa shape index (κ2) is 5.71. The van der Waals surface area contributed by atoms with Crippen LogP contribution in [0.25, 0.3) is 0 Å². The monoisotopic (exact) mass is 265 g/mol. The third kappa shape index (κ3) is 3.32. The zero-order valence-electron chi connectivity index (χ0n) is 12.8. The number of nitrogens with zero attached hydrogens (tertiary/aromatic N) is 2. The minimum Gasteiger partial charge on any atom is -0.317 e. The van der Waals surface area contributed by atoms with Crippen LogP contribution in [0.2, 0.25) is 0 Å². The van der Waals surface area contributed by atoms with Gasteiger partial charge in [0.25, 0.3) is 0 Å². The molecule has 2 heterocycles. The molecule has 3 heteroatoms. The van der Waals surface area contributed by atoms with E-state index in [1.807, 2.05) is 0 Å². The fourth-order valence-corrected chi connectivity index (χ4v) is 4.36. The first-order valence-electron chi connectivity index (χ1n) is 8.26. The van der Waals surface area contributed by atoms with Crippen molar-refractivity contribution in [3.63, 3.8) is 0 Å². The van der Waals surface area contributed by atoms with Gasteiger partial charge in [0.05, 0.1) is 0 Å².